The number of hydrogen-bond donors (Lipinski definition) is 2. The van der Waals surface area contributed by atoms with Gasteiger partial charge in [-0.25, -0.2) is 4.79 Å². The smallest absolute Gasteiger partial charge is 0.408 e. The molecule has 1 saturated heterocycles. The van der Waals surface area contributed by atoms with E-state index in [2.05, 4.69) is 0 Å². The van der Waals surface area contributed by atoms with E-state index in [0.717, 1.165) is 12.8 Å². The number of amides is 1. The number of fused-ring (bicyclic) bond motifs is 1. The normalized spacial score (nSPS) is 38.9. The second kappa shape index (κ2) is 3.36. The molecule has 0 radical (unpaired) electrons. The van der Waals surface area contributed by atoms with Crippen LogP contribution in [0.3, 0.4) is 0 Å². The lowest BCUT2D eigenvalue weighted by molar-refractivity contribution is 0.00579. The molecule has 1 aliphatic carbocycles. The van der Waals surface area contributed by atoms with Crippen molar-refractivity contribution in [3.63, 3.8) is 0 Å². The second-order valence-electron chi connectivity index (χ2n) is 6.27. The molecule has 0 aromatic rings. The standard InChI is InChI=1S/C12H22N2O2/c1-11(2,3)12(13)9-6-4-5-8(9)7-14(12)10(15)16/h8-9H,4-7,13H2,1-3H3,(H,15,16). The van der Waals surface area contributed by atoms with Gasteiger partial charge in [-0.3, -0.25) is 4.90 Å². The van der Waals surface area contributed by atoms with Gasteiger partial charge in [0, 0.05) is 12.5 Å². The molecule has 0 aromatic heterocycles. The predicted octanol–water partition coefficient (Wildman–Crippen LogP) is 2.10. The Morgan fingerprint density at radius 1 is 1.44 bits per heavy atom. The Morgan fingerprint density at radius 3 is 2.56 bits per heavy atom. The van der Waals surface area contributed by atoms with Gasteiger partial charge < -0.3 is 10.8 Å². The fourth-order valence-corrected chi connectivity index (χ4v) is 3.62. The topological polar surface area (TPSA) is 66.6 Å². The lowest BCUT2D eigenvalue weighted by atomic mass is 9.72. The molecule has 1 saturated carbocycles. The summed E-state index contributed by atoms with van der Waals surface area (Å²) in [7, 11) is 0. The van der Waals surface area contributed by atoms with Crippen molar-refractivity contribution < 1.29 is 9.90 Å². The van der Waals surface area contributed by atoms with E-state index in [1.165, 1.54) is 11.3 Å². The van der Waals surface area contributed by atoms with Gasteiger partial charge in [0.15, 0.2) is 0 Å². The molecular formula is C12H22N2O2. The molecule has 2 fully saturated rings. The van der Waals surface area contributed by atoms with Gasteiger partial charge in [-0.2, -0.15) is 0 Å². The Balaban J connectivity index is 2.40. The predicted molar refractivity (Wildman–Crippen MR) is 61.9 cm³/mol. The lowest BCUT2D eigenvalue weighted by Crippen LogP contribution is -2.65. The van der Waals surface area contributed by atoms with Crippen molar-refractivity contribution in [3.05, 3.63) is 0 Å². The van der Waals surface area contributed by atoms with Crippen LogP contribution in [0, 0.1) is 17.3 Å². The van der Waals surface area contributed by atoms with Crippen LogP contribution in [0.25, 0.3) is 0 Å². The third kappa shape index (κ3) is 1.35. The van der Waals surface area contributed by atoms with Crippen LogP contribution in [0.5, 0.6) is 0 Å². The molecule has 92 valence electrons. The number of hydrogen-bond acceptors (Lipinski definition) is 2. The number of carboxylic acid groups (broad SMARTS) is 1. The van der Waals surface area contributed by atoms with Gasteiger partial charge in [0.05, 0.1) is 0 Å². The van der Waals surface area contributed by atoms with E-state index in [4.69, 9.17) is 5.73 Å². The van der Waals surface area contributed by atoms with Crippen LogP contribution >= 0.6 is 0 Å². The van der Waals surface area contributed by atoms with E-state index in [1.807, 2.05) is 20.8 Å². The minimum atomic E-state index is -0.869. The Hall–Kier alpha value is -0.770. The number of rotatable bonds is 0. The minimum absolute atomic E-state index is 0.213. The van der Waals surface area contributed by atoms with E-state index in [9.17, 15) is 9.90 Å². The van der Waals surface area contributed by atoms with Gasteiger partial charge in [-0.1, -0.05) is 27.2 Å². The maximum absolute atomic E-state index is 11.3. The van der Waals surface area contributed by atoms with Crippen LogP contribution in [-0.4, -0.2) is 28.3 Å². The summed E-state index contributed by atoms with van der Waals surface area (Å²) in [5.74, 6) is 0.809. The first-order valence-corrected chi connectivity index (χ1v) is 6.08. The first-order chi connectivity index (χ1) is 7.28. The number of carbonyl (C=O) groups is 1. The maximum atomic E-state index is 11.3. The molecule has 0 bridgehead atoms. The highest BCUT2D eigenvalue weighted by molar-refractivity contribution is 5.67. The second-order valence-corrected chi connectivity index (χ2v) is 6.27. The molecule has 4 nitrogen and oxygen atoms in total. The van der Waals surface area contributed by atoms with Gasteiger partial charge in [-0.15, -0.1) is 0 Å². The molecule has 1 heterocycles. The summed E-state index contributed by atoms with van der Waals surface area (Å²) < 4.78 is 0. The van der Waals surface area contributed by atoms with E-state index in [0.29, 0.717) is 18.4 Å². The molecule has 0 spiro atoms. The molecule has 0 aromatic carbocycles. The van der Waals surface area contributed by atoms with Crippen molar-refractivity contribution in [1.82, 2.24) is 4.90 Å². The molecular weight excluding hydrogens is 204 g/mol. The fourth-order valence-electron chi connectivity index (χ4n) is 3.62. The van der Waals surface area contributed by atoms with Crippen LogP contribution in [0.15, 0.2) is 0 Å². The third-order valence-corrected chi connectivity index (χ3v) is 4.52. The highest BCUT2D eigenvalue weighted by atomic mass is 16.4. The SMILES string of the molecule is CC(C)(C)C1(N)C2CCCC2CN1C(=O)O. The van der Waals surface area contributed by atoms with Crippen LogP contribution in [0.2, 0.25) is 0 Å². The Labute approximate surface area is 96.8 Å². The van der Waals surface area contributed by atoms with Crippen molar-refractivity contribution in [2.45, 2.75) is 45.7 Å². The van der Waals surface area contributed by atoms with Crippen LogP contribution in [0.1, 0.15) is 40.0 Å². The van der Waals surface area contributed by atoms with Gasteiger partial charge in [0.1, 0.15) is 5.66 Å². The van der Waals surface area contributed by atoms with E-state index in [-0.39, 0.29) is 5.41 Å². The molecule has 3 unspecified atom stereocenters. The van der Waals surface area contributed by atoms with Crippen LogP contribution in [-0.2, 0) is 0 Å². The van der Waals surface area contributed by atoms with Gasteiger partial charge in [-0.05, 0) is 24.2 Å². The van der Waals surface area contributed by atoms with Crippen LogP contribution < -0.4 is 5.73 Å². The molecule has 2 aliphatic rings. The van der Waals surface area contributed by atoms with Gasteiger partial charge >= 0.3 is 6.09 Å². The highest BCUT2D eigenvalue weighted by Crippen LogP contribution is 2.52. The van der Waals surface area contributed by atoms with Gasteiger partial charge in [0.2, 0.25) is 0 Å². The summed E-state index contributed by atoms with van der Waals surface area (Å²) in [6.45, 7) is 6.75. The third-order valence-electron chi connectivity index (χ3n) is 4.52. The summed E-state index contributed by atoms with van der Waals surface area (Å²) in [4.78, 5) is 12.8. The zero-order chi connectivity index (χ0) is 12.1. The molecule has 2 rings (SSSR count). The van der Waals surface area contributed by atoms with Crippen molar-refractivity contribution in [2.75, 3.05) is 6.54 Å². The Kier molecular flexibility index (Phi) is 2.46. The zero-order valence-electron chi connectivity index (χ0n) is 10.4. The number of likely N-dealkylation sites (tertiary alicyclic amines) is 1. The van der Waals surface area contributed by atoms with Crippen molar-refractivity contribution >= 4 is 6.09 Å². The van der Waals surface area contributed by atoms with E-state index >= 15 is 0 Å². The maximum Gasteiger partial charge on any atom is 0.408 e. The zero-order valence-corrected chi connectivity index (χ0v) is 10.4. The molecule has 3 N–H and O–H groups in total. The fraction of sp³-hybridized carbons (Fsp3) is 0.917. The average molecular weight is 226 g/mol. The number of nitrogens with zero attached hydrogens (tertiary/aromatic N) is 1. The molecule has 1 amide bonds. The molecule has 3 atom stereocenters. The number of nitrogens with two attached hydrogens (primary N) is 1. The Morgan fingerprint density at radius 2 is 2.06 bits per heavy atom. The van der Waals surface area contributed by atoms with Crippen molar-refractivity contribution in [1.29, 1.82) is 0 Å². The molecule has 1 aliphatic heterocycles. The minimum Gasteiger partial charge on any atom is -0.465 e. The quantitative estimate of drug-likeness (QED) is 0.664. The summed E-state index contributed by atoms with van der Waals surface area (Å²) in [6, 6.07) is 0. The van der Waals surface area contributed by atoms with Gasteiger partial charge in [0.25, 0.3) is 0 Å². The van der Waals surface area contributed by atoms with E-state index < -0.39 is 11.8 Å². The molecule has 4 heteroatoms. The largest absolute Gasteiger partial charge is 0.465 e. The summed E-state index contributed by atoms with van der Waals surface area (Å²) in [5, 5.41) is 9.31. The lowest BCUT2D eigenvalue weighted by Gasteiger charge is -2.47. The van der Waals surface area contributed by atoms with Crippen LogP contribution in [0.4, 0.5) is 4.79 Å². The Bertz CT molecular complexity index is 311. The first-order valence-electron chi connectivity index (χ1n) is 6.08. The molecule has 16 heavy (non-hydrogen) atoms. The van der Waals surface area contributed by atoms with E-state index in [1.54, 1.807) is 0 Å². The van der Waals surface area contributed by atoms with Crippen molar-refractivity contribution in [2.24, 2.45) is 23.0 Å². The monoisotopic (exact) mass is 226 g/mol. The first kappa shape index (κ1) is 11.7. The highest BCUT2D eigenvalue weighted by Gasteiger charge is 2.59. The summed E-state index contributed by atoms with van der Waals surface area (Å²) in [5.41, 5.74) is 5.60. The summed E-state index contributed by atoms with van der Waals surface area (Å²) >= 11 is 0. The summed E-state index contributed by atoms with van der Waals surface area (Å²) in [6.07, 6.45) is 2.52. The van der Waals surface area contributed by atoms with Crippen molar-refractivity contribution in [3.8, 4) is 0 Å². The average Bonchev–Trinajstić information content (AvgIpc) is 2.66.